The normalized spacial score (nSPS) is 22.1. The Labute approximate surface area is 108 Å². The molecule has 0 aromatic rings. The van der Waals surface area contributed by atoms with Crippen LogP contribution in [0.25, 0.3) is 0 Å². The van der Waals surface area contributed by atoms with Crippen LogP contribution in [0.1, 0.15) is 45.4 Å². The van der Waals surface area contributed by atoms with Gasteiger partial charge in [0.2, 0.25) is 10.0 Å². The quantitative estimate of drug-likeness (QED) is 0.632. The molecule has 1 aliphatic rings. The van der Waals surface area contributed by atoms with Crippen molar-refractivity contribution in [3.63, 3.8) is 0 Å². The first-order valence-corrected chi connectivity index (χ1v) is 7.82. The summed E-state index contributed by atoms with van der Waals surface area (Å²) in [7, 11) is -3.84. The average molecular weight is 278 g/mol. The van der Waals surface area contributed by atoms with Crippen LogP contribution in [0.15, 0.2) is 0 Å². The minimum atomic E-state index is -3.84. The van der Waals surface area contributed by atoms with E-state index in [-0.39, 0.29) is 6.54 Å². The van der Waals surface area contributed by atoms with Crippen LogP contribution in [0.3, 0.4) is 0 Å². The number of carboxylic acid groups (broad SMARTS) is 1. The summed E-state index contributed by atoms with van der Waals surface area (Å²) in [5.74, 6) is -1.35. The third-order valence-corrected chi connectivity index (χ3v) is 5.22. The van der Waals surface area contributed by atoms with Crippen molar-refractivity contribution >= 4 is 16.0 Å². The molecule has 0 amide bonds. The Kier molecular flexibility index (Phi) is 5.12. The molecule has 18 heavy (non-hydrogen) atoms. The Balaban J connectivity index is 2.60. The van der Waals surface area contributed by atoms with Crippen molar-refractivity contribution in [2.24, 2.45) is 5.73 Å². The van der Waals surface area contributed by atoms with Crippen molar-refractivity contribution in [1.29, 1.82) is 0 Å². The highest BCUT2D eigenvalue weighted by Crippen LogP contribution is 2.24. The number of carbonyl (C=O) groups is 1. The number of nitrogens with two attached hydrogens (primary N) is 1. The van der Waals surface area contributed by atoms with E-state index in [1.165, 1.54) is 0 Å². The summed E-state index contributed by atoms with van der Waals surface area (Å²) < 4.78 is 25.7. The predicted octanol–water partition coefficient (Wildman–Crippen LogP) is 0.431. The van der Waals surface area contributed by atoms with Crippen LogP contribution in [0.4, 0.5) is 0 Å². The zero-order valence-corrected chi connectivity index (χ0v) is 11.5. The highest BCUT2D eigenvalue weighted by atomic mass is 32.2. The standard InChI is InChI=1S/C11H22N2O4S/c1-9(10(14)15)18(16,17)13-8-11(12)6-4-2-3-5-7-11/h9,13H,2-8,12H2,1H3,(H,14,15). The maximum absolute atomic E-state index is 11.7. The molecule has 106 valence electrons. The molecule has 0 aromatic heterocycles. The largest absolute Gasteiger partial charge is 0.480 e. The van der Waals surface area contributed by atoms with Crippen LogP contribution in [0.5, 0.6) is 0 Å². The zero-order chi connectivity index (χ0) is 13.8. The molecule has 1 fully saturated rings. The fraction of sp³-hybridized carbons (Fsp3) is 0.909. The molecular formula is C11H22N2O4S. The monoisotopic (exact) mass is 278 g/mol. The van der Waals surface area contributed by atoms with E-state index in [9.17, 15) is 13.2 Å². The maximum atomic E-state index is 11.7. The van der Waals surface area contributed by atoms with Crippen LogP contribution in [0.2, 0.25) is 0 Å². The lowest BCUT2D eigenvalue weighted by Gasteiger charge is -2.28. The summed E-state index contributed by atoms with van der Waals surface area (Å²) >= 11 is 0. The SMILES string of the molecule is CC(C(=O)O)S(=O)(=O)NCC1(N)CCCCCC1. The van der Waals surface area contributed by atoms with E-state index in [4.69, 9.17) is 10.8 Å². The van der Waals surface area contributed by atoms with E-state index >= 15 is 0 Å². The van der Waals surface area contributed by atoms with E-state index in [0.717, 1.165) is 45.4 Å². The van der Waals surface area contributed by atoms with Gasteiger partial charge in [0.1, 0.15) is 0 Å². The second kappa shape index (κ2) is 5.99. The summed E-state index contributed by atoms with van der Waals surface area (Å²) in [4.78, 5) is 10.7. The molecule has 7 heteroatoms. The topological polar surface area (TPSA) is 109 Å². The smallest absolute Gasteiger partial charge is 0.323 e. The fourth-order valence-corrected chi connectivity index (χ4v) is 3.12. The van der Waals surface area contributed by atoms with Crippen molar-refractivity contribution in [3.05, 3.63) is 0 Å². The number of nitrogens with one attached hydrogen (secondary N) is 1. The number of rotatable bonds is 5. The maximum Gasteiger partial charge on any atom is 0.323 e. The molecule has 1 aliphatic carbocycles. The second-order valence-corrected chi connectivity index (χ2v) is 7.21. The Morgan fingerprint density at radius 2 is 1.83 bits per heavy atom. The molecule has 1 rings (SSSR count). The third kappa shape index (κ3) is 4.22. The van der Waals surface area contributed by atoms with Gasteiger partial charge in [-0.05, 0) is 19.8 Å². The van der Waals surface area contributed by atoms with Gasteiger partial charge in [-0.25, -0.2) is 13.1 Å². The molecule has 0 spiro atoms. The average Bonchev–Trinajstić information content (AvgIpc) is 2.51. The molecule has 0 bridgehead atoms. The number of carboxylic acids is 1. The van der Waals surface area contributed by atoms with Crippen LogP contribution >= 0.6 is 0 Å². The molecule has 1 unspecified atom stereocenters. The first kappa shape index (κ1) is 15.4. The molecular weight excluding hydrogens is 256 g/mol. The van der Waals surface area contributed by atoms with Gasteiger partial charge in [-0.3, -0.25) is 4.79 Å². The van der Waals surface area contributed by atoms with Gasteiger partial charge < -0.3 is 10.8 Å². The molecule has 0 radical (unpaired) electrons. The minimum Gasteiger partial charge on any atom is -0.480 e. The van der Waals surface area contributed by atoms with Crippen LogP contribution in [0, 0.1) is 0 Å². The molecule has 0 heterocycles. The molecule has 0 aromatic carbocycles. The van der Waals surface area contributed by atoms with E-state index in [1.54, 1.807) is 0 Å². The Morgan fingerprint density at radius 3 is 2.28 bits per heavy atom. The summed E-state index contributed by atoms with van der Waals surface area (Å²) in [6.45, 7) is 1.27. The van der Waals surface area contributed by atoms with Gasteiger partial charge in [0.25, 0.3) is 0 Å². The third-order valence-electron chi connectivity index (χ3n) is 3.54. The minimum absolute atomic E-state index is 0.118. The summed E-state index contributed by atoms with van der Waals surface area (Å²) in [5.41, 5.74) is 5.63. The molecule has 0 aliphatic heterocycles. The summed E-state index contributed by atoms with van der Waals surface area (Å²) in [6, 6.07) is 0. The number of sulfonamides is 1. The highest BCUT2D eigenvalue weighted by molar-refractivity contribution is 7.90. The number of aliphatic carboxylic acids is 1. The zero-order valence-electron chi connectivity index (χ0n) is 10.7. The first-order valence-electron chi connectivity index (χ1n) is 6.27. The van der Waals surface area contributed by atoms with E-state index < -0.39 is 26.8 Å². The van der Waals surface area contributed by atoms with Crippen molar-refractivity contribution in [2.75, 3.05) is 6.54 Å². The summed E-state index contributed by atoms with van der Waals surface area (Å²) in [5, 5.41) is 7.26. The first-order chi connectivity index (χ1) is 8.27. The van der Waals surface area contributed by atoms with Crippen molar-refractivity contribution < 1.29 is 18.3 Å². The van der Waals surface area contributed by atoms with Crippen LogP contribution in [-0.2, 0) is 14.8 Å². The van der Waals surface area contributed by atoms with Gasteiger partial charge in [0.05, 0.1) is 0 Å². The van der Waals surface area contributed by atoms with E-state index in [0.29, 0.717) is 0 Å². The van der Waals surface area contributed by atoms with Crippen LogP contribution in [-0.4, -0.2) is 36.8 Å². The lowest BCUT2D eigenvalue weighted by molar-refractivity contribution is -0.136. The van der Waals surface area contributed by atoms with Crippen LogP contribution < -0.4 is 10.5 Å². The van der Waals surface area contributed by atoms with Crippen molar-refractivity contribution in [3.8, 4) is 0 Å². The lowest BCUT2D eigenvalue weighted by Crippen LogP contribution is -2.51. The van der Waals surface area contributed by atoms with Gasteiger partial charge >= 0.3 is 5.97 Å². The molecule has 4 N–H and O–H groups in total. The second-order valence-electron chi connectivity index (χ2n) is 5.12. The van der Waals surface area contributed by atoms with E-state index in [2.05, 4.69) is 4.72 Å². The lowest BCUT2D eigenvalue weighted by atomic mass is 9.92. The van der Waals surface area contributed by atoms with Gasteiger partial charge in [-0.2, -0.15) is 0 Å². The van der Waals surface area contributed by atoms with Crippen molar-refractivity contribution in [1.82, 2.24) is 4.72 Å². The highest BCUT2D eigenvalue weighted by Gasteiger charge is 2.32. The predicted molar refractivity (Wildman–Crippen MR) is 68.6 cm³/mol. The molecule has 1 atom stereocenters. The van der Waals surface area contributed by atoms with E-state index in [1.807, 2.05) is 0 Å². The Bertz CT molecular complexity index is 386. The molecule has 0 saturated heterocycles. The van der Waals surface area contributed by atoms with Crippen molar-refractivity contribution in [2.45, 2.75) is 56.2 Å². The van der Waals surface area contributed by atoms with Gasteiger partial charge in [-0.1, -0.05) is 25.7 Å². The Morgan fingerprint density at radius 1 is 1.33 bits per heavy atom. The fourth-order valence-electron chi connectivity index (χ4n) is 2.11. The molecule has 1 saturated carbocycles. The number of hydrogen-bond acceptors (Lipinski definition) is 4. The number of hydrogen-bond donors (Lipinski definition) is 3. The van der Waals surface area contributed by atoms with Gasteiger partial charge in [0.15, 0.2) is 5.25 Å². The Hall–Kier alpha value is -0.660. The van der Waals surface area contributed by atoms with Gasteiger partial charge in [0, 0.05) is 12.1 Å². The summed E-state index contributed by atoms with van der Waals surface area (Å²) in [6.07, 6.45) is 5.78. The van der Waals surface area contributed by atoms with Gasteiger partial charge in [-0.15, -0.1) is 0 Å². The molecule has 6 nitrogen and oxygen atoms in total.